The molecule has 102 valence electrons. The third-order valence-corrected chi connectivity index (χ3v) is 3.44. The maximum absolute atomic E-state index is 13.3. The van der Waals surface area contributed by atoms with Crippen molar-refractivity contribution < 1.29 is 9.13 Å². The molecule has 0 aromatic carbocycles. The summed E-state index contributed by atoms with van der Waals surface area (Å²) < 4.78 is 18.9. The van der Waals surface area contributed by atoms with Gasteiger partial charge in [-0.05, 0) is 37.9 Å². The molecule has 0 fully saturated rings. The van der Waals surface area contributed by atoms with Crippen molar-refractivity contribution in [2.24, 2.45) is 0 Å². The summed E-state index contributed by atoms with van der Waals surface area (Å²) in [7, 11) is 1.69. The zero-order valence-electron chi connectivity index (χ0n) is 11.7. The number of aromatic nitrogens is 1. The number of hydrogen-bond acceptors (Lipinski definition) is 3. The number of nitrogens with one attached hydrogen (secondary N) is 1. The fraction of sp³-hybridized carbons (Fsp3) is 0.643. The highest BCUT2D eigenvalue weighted by Gasteiger charge is 2.33. The lowest BCUT2D eigenvalue weighted by Gasteiger charge is -2.36. The Balaban J connectivity index is 3.04. The van der Waals surface area contributed by atoms with Crippen LogP contribution in [0.1, 0.15) is 45.2 Å². The van der Waals surface area contributed by atoms with E-state index in [1.165, 1.54) is 12.3 Å². The van der Waals surface area contributed by atoms with Crippen LogP contribution in [-0.2, 0) is 4.74 Å². The van der Waals surface area contributed by atoms with Crippen molar-refractivity contribution in [3.8, 4) is 0 Å². The minimum atomic E-state index is -0.370. The normalized spacial score (nSPS) is 16.3. The Morgan fingerprint density at radius 3 is 2.67 bits per heavy atom. The molecule has 1 N–H and O–H groups in total. The Kier molecular flexibility index (Phi) is 5.69. The van der Waals surface area contributed by atoms with Gasteiger partial charge in [0.2, 0.25) is 0 Å². The van der Waals surface area contributed by atoms with Crippen LogP contribution in [0, 0.1) is 5.82 Å². The van der Waals surface area contributed by atoms with Gasteiger partial charge in [-0.15, -0.1) is 0 Å². The molecule has 3 nitrogen and oxygen atoms in total. The molecule has 1 heterocycles. The second-order valence-electron chi connectivity index (χ2n) is 4.69. The molecule has 0 saturated carbocycles. The minimum Gasteiger partial charge on any atom is -0.377 e. The number of rotatable bonds is 7. The zero-order chi connectivity index (χ0) is 13.6. The molecule has 0 aliphatic heterocycles. The highest BCUT2D eigenvalue weighted by molar-refractivity contribution is 5.19. The van der Waals surface area contributed by atoms with E-state index in [0.29, 0.717) is 0 Å². The largest absolute Gasteiger partial charge is 0.377 e. The van der Waals surface area contributed by atoms with Crippen LogP contribution in [-0.4, -0.2) is 24.2 Å². The predicted octanol–water partition coefficient (Wildman–Crippen LogP) is 3.08. The number of hydrogen-bond donors (Lipinski definition) is 1. The van der Waals surface area contributed by atoms with Crippen molar-refractivity contribution in [3.05, 3.63) is 29.8 Å². The van der Waals surface area contributed by atoms with Crippen LogP contribution in [0.2, 0.25) is 0 Å². The second kappa shape index (κ2) is 6.81. The van der Waals surface area contributed by atoms with Crippen molar-refractivity contribution >= 4 is 0 Å². The fourth-order valence-corrected chi connectivity index (χ4v) is 2.03. The molecule has 2 atom stereocenters. The molecule has 0 bridgehead atoms. The predicted molar refractivity (Wildman–Crippen MR) is 70.9 cm³/mol. The number of ether oxygens (including phenoxy) is 1. The SMILES string of the molecule is CCCNC(c1cncc(F)c1)C(C)(CC)OC. The van der Waals surface area contributed by atoms with Crippen molar-refractivity contribution in [1.29, 1.82) is 0 Å². The molecular weight excluding hydrogens is 231 g/mol. The van der Waals surface area contributed by atoms with Gasteiger partial charge < -0.3 is 10.1 Å². The first-order chi connectivity index (χ1) is 8.57. The van der Waals surface area contributed by atoms with E-state index >= 15 is 0 Å². The maximum atomic E-state index is 13.3. The van der Waals surface area contributed by atoms with Gasteiger partial charge in [0, 0.05) is 13.3 Å². The monoisotopic (exact) mass is 254 g/mol. The van der Waals surface area contributed by atoms with Gasteiger partial charge >= 0.3 is 0 Å². The molecule has 0 radical (unpaired) electrons. The van der Waals surface area contributed by atoms with E-state index in [2.05, 4.69) is 24.1 Å². The van der Waals surface area contributed by atoms with E-state index in [1.807, 2.05) is 6.92 Å². The van der Waals surface area contributed by atoms with Gasteiger partial charge in [0.25, 0.3) is 0 Å². The highest BCUT2D eigenvalue weighted by Crippen LogP contribution is 2.31. The first kappa shape index (κ1) is 15.1. The molecule has 4 heteroatoms. The minimum absolute atomic E-state index is 0.0596. The highest BCUT2D eigenvalue weighted by atomic mass is 19.1. The quantitative estimate of drug-likeness (QED) is 0.812. The van der Waals surface area contributed by atoms with Crippen LogP contribution in [0.4, 0.5) is 4.39 Å². The maximum Gasteiger partial charge on any atom is 0.141 e. The molecule has 1 aromatic rings. The summed E-state index contributed by atoms with van der Waals surface area (Å²) in [5.41, 5.74) is 0.458. The fourth-order valence-electron chi connectivity index (χ4n) is 2.03. The summed E-state index contributed by atoms with van der Waals surface area (Å²) in [6, 6.07) is 1.46. The van der Waals surface area contributed by atoms with Gasteiger partial charge in [0.15, 0.2) is 0 Å². The van der Waals surface area contributed by atoms with Crippen molar-refractivity contribution in [2.45, 2.75) is 45.3 Å². The third-order valence-electron chi connectivity index (χ3n) is 3.44. The zero-order valence-corrected chi connectivity index (χ0v) is 11.7. The van der Waals surface area contributed by atoms with Gasteiger partial charge in [0.05, 0.1) is 17.8 Å². The molecule has 0 spiro atoms. The Labute approximate surface area is 109 Å². The number of halogens is 1. The Hall–Kier alpha value is -1.00. The van der Waals surface area contributed by atoms with Crippen molar-refractivity contribution in [2.75, 3.05) is 13.7 Å². The van der Waals surface area contributed by atoms with Crippen molar-refractivity contribution in [3.63, 3.8) is 0 Å². The molecule has 1 rings (SSSR count). The summed E-state index contributed by atoms with van der Waals surface area (Å²) in [5.74, 6) is -0.314. The molecule has 18 heavy (non-hydrogen) atoms. The molecule has 0 aliphatic carbocycles. The molecule has 1 aromatic heterocycles. The van der Waals surface area contributed by atoms with Gasteiger partial charge in [0.1, 0.15) is 5.82 Å². The summed E-state index contributed by atoms with van der Waals surface area (Å²) in [6.07, 6.45) is 4.77. The summed E-state index contributed by atoms with van der Waals surface area (Å²) in [5, 5.41) is 3.42. The Morgan fingerprint density at radius 2 is 2.17 bits per heavy atom. The third kappa shape index (κ3) is 3.50. The summed E-state index contributed by atoms with van der Waals surface area (Å²) >= 11 is 0. The first-order valence-electron chi connectivity index (χ1n) is 6.46. The number of nitrogens with zero attached hydrogens (tertiary/aromatic N) is 1. The Morgan fingerprint density at radius 1 is 1.44 bits per heavy atom. The van der Waals surface area contributed by atoms with Crippen LogP contribution in [0.15, 0.2) is 18.5 Å². The van der Waals surface area contributed by atoms with Crippen LogP contribution in [0.5, 0.6) is 0 Å². The lowest BCUT2D eigenvalue weighted by Crippen LogP contribution is -2.43. The molecule has 0 saturated heterocycles. The first-order valence-corrected chi connectivity index (χ1v) is 6.46. The van der Waals surface area contributed by atoms with E-state index in [9.17, 15) is 4.39 Å². The smallest absolute Gasteiger partial charge is 0.141 e. The lowest BCUT2D eigenvalue weighted by atomic mass is 9.88. The average molecular weight is 254 g/mol. The summed E-state index contributed by atoms with van der Waals surface area (Å²) in [4.78, 5) is 3.92. The van der Waals surface area contributed by atoms with Gasteiger partial charge in [-0.2, -0.15) is 0 Å². The van der Waals surface area contributed by atoms with Gasteiger partial charge in [-0.1, -0.05) is 13.8 Å². The van der Waals surface area contributed by atoms with E-state index in [4.69, 9.17) is 4.74 Å². The molecule has 0 aliphatic rings. The average Bonchev–Trinajstić information content (AvgIpc) is 2.39. The molecule has 2 unspecified atom stereocenters. The topological polar surface area (TPSA) is 34.2 Å². The van der Waals surface area contributed by atoms with E-state index in [0.717, 1.165) is 24.9 Å². The standard InChI is InChI=1S/C14H23FN2O/c1-5-7-17-13(14(3,6-2)18-4)11-8-12(15)10-16-9-11/h8-10,13,17H,5-7H2,1-4H3. The molecule has 0 amide bonds. The van der Waals surface area contributed by atoms with E-state index in [1.54, 1.807) is 13.3 Å². The second-order valence-corrected chi connectivity index (χ2v) is 4.69. The number of pyridine rings is 1. The van der Waals surface area contributed by atoms with Crippen molar-refractivity contribution in [1.82, 2.24) is 10.3 Å². The van der Waals surface area contributed by atoms with Gasteiger partial charge in [-0.3, -0.25) is 4.98 Å². The van der Waals surface area contributed by atoms with Crippen LogP contribution in [0.3, 0.4) is 0 Å². The molecular formula is C14H23FN2O. The van der Waals surface area contributed by atoms with Crippen LogP contribution >= 0.6 is 0 Å². The van der Waals surface area contributed by atoms with Gasteiger partial charge in [-0.25, -0.2) is 4.39 Å². The summed E-state index contributed by atoms with van der Waals surface area (Å²) in [6.45, 7) is 7.06. The Bertz CT molecular complexity index is 367. The van der Waals surface area contributed by atoms with Crippen LogP contribution < -0.4 is 5.32 Å². The lowest BCUT2D eigenvalue weighted by molar-refractivity contribution is -0.0300. The van der Waals surface area contributed by atoms with E-state index < -0.39 is 0 Å². The van der Waals surface area contributed by atoms with E-state index in [-0.39, 0.29) is 17.5 Å². The number of methoxy groups -OCH3 is 1. The van der Waals surface area contributed by atoms with Crippen LogP contribution in [0.25, 0.3) is 0 Å².